The fraction of sp³-hybridized carbons (Fsp3) is 0.268. The SMILES string of the molecule is CC(C)(C)[CH]=[Mo]=[N]C12CC3CC(CC(C3)C1)C2.CC(C)c1cccc(C(C)C)c1[N]=[Mo]=[CH]C(C)(C)C.Cc1ccc(C)[n-]1.Cc1ccc(C)[n-]1.Cc1cccc(C)c1[N]=[Mo]=[CH]C(C)(C)C.OC(c1ccccc1)(c1ccccc1)c1ccccc1.OC1(c2ccccc2)c2ccccc2-c2ccccc21.OC1(c2ccccc2)c2ccccc2-c2ccccc21.Oc1c(-c2ccccc2)cc(-c2ccccc2)cc1-c1ccccc1. The van der Waals surface area contributed by atoms with Crippen LogP contribution in [0.25, 0.3) is 55.6 Å². The maximum absolute atomic E-state index is 11.5. The third kappa shape index (κ3) is 29.5. The van der Waals surface area contributed by atoms with Crippen molar-refractivity contribution in [2.45, 2.75) is 204 Å². The molecule has 17 aromatic rings. The molecule has 2 heterocycles. The number of hydrogen-bond donors (Lipinski definition) is 4. The van der Waals surface area contributed by atoms with E-state index in [-0.39, 0.29) is 41.3 Å². The van der Waals surface area contributed by atoms with Crippen LogP contribution in [0.1, 0.15) is 235 Å². The Morgan fingerprint density at radius 2 is 0.567 bits per heavy atom. The monoisotopic (exact) mass is 2230 g/mol. The number of rotatable bonds is 13. The summed E-state index contributed by atoms with van der Waals surface area (Å²) < 4.78 is 22.4. The van der Waals surface area contributed by atoms with Crippen molar-refractivity contribution in [2.24, 2.45) is 44.5 Å². The molecule has 770 valence electrons. The average molecular weight is 2230 g/mol. The van der Waals surface area contributed by atoms with Gasteiger partial charge in [-0.25, -0.2) is 0 Å². The molecule has 6 aliphatic rings. The largest absolute Gasteiger partial charge is 0.507 e. The van der Waals surface area contributed by atoms with Crippen LogP contribution in [0.2, 0.25) is 0 Å². The normalized spacial score (nSPS) is 15.6. The Balaban J connectivity index is 0.000000135. The fourth-order valence-corrected chi connectivity index (χ4v) is 26.3. The molecule has 0 spiro atoms. The Labute approximate surface area is 918 Å². The molecule has 0 atom stereocenters. The van der Waals surface area contributed by atoms with Gasteiger partial charge >= 0.3 is 341 Å². The molecule has 23 rings (SSSR count). The standard InChI is InChI=1S/C24H18O.2C19H14O.C19H16O.C12H17N.C10H15N.C8H9N.2C6H8N.3C5H10.3Mo/c25-24-22(19-12-6-2-7-13-19)16-21(18-10-4-1-5-11-18)17-23(24)20-14-8-3-9-15-20;2*20-19(14-8-2-1-3-9-14)17-12-6-4-10-15(17)16-11-5-7-13-18(16)19;20-19(16-10-4-1-5-11-16,17-12-6-2-7-13-17)18-14-8-3-9-15-18;1-8(2)10-6-5-7-11(9(3)4)12(10)13;11-10-4-7-1-8(5-10)3-9(2-7)6-10;1-6-4-3-5-7(2)8(6)9;2*1-5-3-4-6(2)7-5;3*1-5(2,3)4;;;/h1-17,25H;2*1-13,20H;1-15,20H;5-9H,1-4H3;7-9H,1-6H2;3-5H,1-2H3;2*3-4H,1-2H3;3*1H,2-4H3;;;/q;;;;;;;2*-1;;;;;;. The minimum Gasteiger partial charge on any atom is -0.507 e. The maximum atomic E-state index is 11.5. The zero-order valence-corrected chi connectivity index (χ0v) is 96.9. The Morgan fingerprint density at radius 1 is 0.300 bits per heavy atom. The van der Waals surface area contributed by atoms with Crippen LogP contribution in [0.5, 0.6) is 5.75 Å². The van der Waals surface area contributed by atoms with Crippen molar-refractivity contribution in [3.8, 4) is 61.4 Å². The number of aromatic hydroxyl groups is 1. The molecule has 0 aliphatic heterocycles. The summed E-state index contributed by atoms with van der Waals surface area (Å²) >= 11 is -0.984. The summed E-state index contributed by atoms with van der Waals surface area (Å²) in [5, 5.41) is 45.3. The van der Waals surface area contributed by atoms with Gasteiger partial charge < -0.3 is 30.4 Å². The Kier molecular flexibility index (Phi) is 39.3. The van der Waals surface area contributed by atoms with Crippen molar-refractivity contribution in [1.82, 2.24) is 9.97 Å². The minimum absolute atomic E-state index is 0.214. The minimum atomic E-state index is -1.12. The summed E-state index contributed by atoms with van der Waals surface area (Å²) in [6.07, 6.45) is 8.96. The molecule has 9 nitrogen and oxygen atoms in total. The van der Waals surface area contributed by atoms with Crippen LogP contribution in [-0.2, 0) is 70.6 Å². The van der Waals surface area contributed by atoms with E-state index in [9.17, 15) is 20.4 Å². The first kappa shape index (κ1) is 113. The van der Waals surface area contributed by atoms with Crippen molar-refractivity contribution in [1.29, 1.82) is 0 Å². The molecule has 0 saturated heterocycles. The van der Waals surface area contributed by atoms with Gasteiger partial charge in [0.05, 0.1) is 0 Å². The van der Waals surface area contributed by atoms with E-state index in [2.05, 4.69) is 212 Å². The summed E-state index contributed by atoms with van der Waals surface area (Å²) in [4.78, 5) is 8.22. The van der Waals surface area contributed by atoms with Crippen LogP contribution in [0.3, 0.4) is 0 Å². The molecular weight excluding hydrogens is 2080 g/mol. The molecule has 0 radical (unpaired) electrons. The third-order valence-corrected chi connectivity index (χ3v) is 36.2. The van der Waals surface area contributed by atoms with Crippen LogP contribution in [0.15, 0.2) is 423 Å². The molecule has 150 heavy (non-hydrogen) atoms. The zero-order valence-electron chi connectivity index (χ0n) is 90.9. The van der Waals surface area contributed by atoms with Crippen molar-refractivity contribution < 1.29 is 74.2 Å². The Hall–Kier alpha value is -12.4. The van der Waals surface area contributed by atoms with E-state index in [1.807, 2.05) is 355 Å². The number of phenolic OH excluding ortho intramolecular Hbond substituents is 1. The van der Waals surface area contributed by atoms with Gasteiger partial charge in [0.25, 0.3) is 0 Å². The molecular formula is C138H149Mo3N5O4-2. The summed E-state index contributed by atoms with van der Waals surface area (Å²) in [6, 6.07) is 137. The first-order valence-electron chi connectivity index (χ1n) is 52.8. The number of nitrogens with zero attached hydrogens (tertiary/aromatic N) is 5. The Morgan fingerprint density at radius 3 is 0.860 bits per heavy atom. The smallest absolute Gasteiger partial charge is 0.141 e. The van der Waals surface area contributed by atoms with Crippen LogP contribution in [-0.4, -0.2) is 39.2 Å². The second-order valence-electron chi connectivity index (χ2n) is 44.1. The first-order valence-corrected chi connectivity index (χ1v) is 58.9. The predicted octanol–water partition coefficient (Wildman–Crippen LogP) is 34.6. The van der Waals surface area contributed by atoms with E-state index >= 15 is 0 Å². The zero-order chi connectivity index (χ0) is 107. The van der Waals surface area contributed by atoms with E-state index in [0.717, 1.165) is 146 Å². The van der Waals surface area contributed by atoms with Gasteiger partial charge in [0.15, 0.2) is 0 Å². The number of aromatic nitrogens is 2. The molecule has 12 heteroatoms. The van der Waals surface area contributed by atoms with Gasteiger partial charge in [-0.1, -0.05) is 392 Å². The molecule has 4 N–H and O–H groups in total. The molecule has 4 saturated carbocycles. The molecule has 0 unspecified atom stereocenters. The second-order valence-corrected chi connectivity index (χ2v) is 48.8. The first-order chi connectivity index (χ1) is 71.9. The molecule has 2 aromatic heterocycles. The van der Waals surface area contributed by atoms with E-state index in [4.69, 9.17) is 10.5 Å². The quantitative estimate of drug-likeness (QED) is 0.0668. The van der Waals surface area contributed by atoms with Crippen molar-refractivity contribution in [3.05, 3.63) is 508 Å². The van der Waals surface area contributed by atoms with E-state index < -0.39 is 34.7 Å². The van der Waals surface area contributed by atoms with Gasteiger partial charge in [0.1, 0.15) is 22.6 Å². The number of phenols is 1. The third-order valence-electron chi connectivity index (χ3n) is 27.6. The molecule has 4 bridgehead atoms. The van der Waals surface area contributed by atoms with Gasteiger partial charge in [-0.2, -0.15) is 22.8 Å². The van der Waals surface area contributed by atoms with Gasteiger partial charge in [0.2, 0.25) is 0 Å². The van der Waals surface area contributed by atoms with Crippen LogP contribution in [0, 0.1) is 75.5 Å². The second kappa shape index (κ2) is 52.1. The fourth-order valence-electron chi connectivity index (χ4n) is 20.8. The number of hydrogen-bond acceptors (Lipinski definition) is 7. The molecule has 15 aromatic carbocycles. The summed E-state index contributed by atoms with van der Waals surface area (Å²) in [7, 11) is 0. The van der Waals surface area contributed by atoms with Crippen molar-refractivity contribution in [3.63, 3.8) is 0 Å². The molecule has 0 amide bonds. The van der Waals surface area contributed by atoms with Crippen LogP contribution in [0.4, 0.5) is 11.4 Å². The summed E-state index contributed by atoms with van der Waals surface area (Å²) in [5.74, 6) is 4.54. The topological polar surface area (TPSA) is 146 Å². The number of fused-ring (bicyclic) bond motifs is 6. The van der Waals surface area contributed by atoms with Crippen LogP contribution >= 0.6 is 0 Å². The van der Waals surface area contributed by atoms with E-state index in [1.54, 1.807) is 0 Å². The summed E-state index contributed by atoms with van der Waals surface area (Å²) in [5.41, 5.74) is 29.3. The van der Waals surface area contributed by atoms with Gasteiger partial charge in [-0.15, -0.1) is 0 Å². The van der Waals surface area contributed by atoms with Gasteiger partial charge in [-0.05, 0) is 84.5 Å². The summed E-state index contributed by atoms with van der Waals surface area (Å²) in [6.45, 7) is 41.7. The van der Waals surface area contributed by atoms with E-state index in [1.165, 1.54) is 72.2 Å². The van der Waals surface area contributed by atoms with E-state index in [0.29, 0.717) is 34.0 Å². The molecule has 4 fully saturated rings. The number of aryl methyl sites for hydroxylation is 6. The van der Waals surface area contributed by atoms with Crippen molar-refractivity contribution >= 4 is 24.6 Å². The number of benzene rings is 15. The maximum Gasteiger partial charge on any atom is 0.141 e. The predicted molar refractivity (Wildman–Crippen MR) is 620 cm³/mol. The van der Waals surface area contributed by atoms with Gasteiger partial charge in [0, 0.05) is 33.4 Å². The van der Waals surface area contributed by atoms with Crippen molar-refractivity contribution in [2.75, 3.05) is 0 Å². The van der Waals surface area contributed by atoms with Crippen LogP contribution < -0.4 is 9.97 Å². The Bertz CT molecular complexity index is 6830. The average Bonchev–Trinajstić information content (AvgIpc) is 1.61. The van der Waals surface area contributed by atoms with Gasteiger partial charge in [-0.3, -0.25) is 0 Å². The molecule has 6 aliphatic carbocycles. The number of aliphatic hydroxyl groups is 3.